The van der Waals surface area contributed by atoms with E-state index in [1.807, 2.05) is 33.3 Å². The van der Waals surface area contributed by atoms with Crippen molar-refractivity contribution in [1.29, 1.82) is 0 Å². The summed E-state index contributed by atoms with van der Waals surface area (Å²) in [7, 11) is 3.68. The van der Waals surface area contributed by atoms with Crippen molar-refractivity contribution >= 4 is 28.6 Å². The Morgan fingerprint density at radius 3 is 2.88 bits per heavy atom. The number of hydrogen-bond donors (Lipinski definition) is 1. The van der Waals surface area contributed by atoms with Gasteiger partial charge < -0.3 is 5.32 Å². The van der Waals surface area contributed by atoms with E-state index in [9.17, 15) is 4.79 Å². The van der Waals surface area contributed by atoms with Gasteiger partial charge in [0.1, 0.15) is 17.7 Å². The van der Waals surface area contributed by atoms with Crippen LogP contribution in [-0.2, 0) is 18.9 Å². The Labute approximate surface area is 144 Å². The number of nitrogens with zero attached hydrogens (tertiary/aromatic N) is 7. The van der Waals surface area contributed by atoms with E-state index >= 15 is 0 Å². The van der Waals surface area contributed by atoms with Crippen LogP contribution in [0.4, 0.5) is 11.6 Å². The van der Waals surface area contributed by atoms with E-state index in [1.54, 1.807) is 20.5 Å². The molecule has 25 heavy (non-hydrogen) atoms. The lowest BCUT2D eigenvalue weighted by Gasteiger charge is -2.31. The monoisotopic (exact) mass is 340 g/mol. The maximum absolute atomic E-state index is 12.9. The quantitative estimate of drug-likeness (QED) is 0.765. The summed E-state index contributed by atoms with van der Waals surface area (Å²) >= 11 is 0. The number of rotatable bonds is 3. The van der Waals surface area contributed by atoms with Crippen LogP contribution in [0.25, 0.3) is 11.0 Å². The van der Waals surface area contributed by atoms with Crippen molar-refractivity contribution in [2.24, 2.45) is 14.1 Å². The van der Waals surface area contributed by atoms with E-state index in [-0.39, 0.29) is 11.9 Å². The molecule has 0 aromatic carbocycles. The number of amides is 1. The second-order valence-corrected chi connectivity index (χ2v) is 6.30. The lowest BCUT2D eigenvalue weighted by Crippen LogP contribution is -2.48. The molecular formula is C16H20N8O. The summed E-state index contributed by atoms with van der Waals surface area (Å²) < 4.78 is 3.41. The van der Waals surface area contributed by atoms with Crippen LogP contribution in [0.2, 0.25) is 0 Å². The SMILES string of the molecule is Cc1nc(NC2CCCN(c3ccn(C)n3)C2=O)c2cnn(C)c2n1. The lowest BCUT2D eigenvalue weighted by molar-refractivity contribution is -0.120. The summed E-state index contributed by atoms with van der Waals surface area (Å²) in [5, 5.41) is 12.7. The van der Waals surface area contributed by atoms with Gasteiger partial charge in [0, 0.05) is 32.9 Å². The van der Waals surface area contributed by atoms with Crippen molar-refractivity contribution in [1.82, 2.24) is 29.5 Å². The van der Waals surface area contributed by atoms with Crippen molar-refractivity contribution in [3.05, 3.63) is 24.3 Å². The molecule has 1 amide bonds. The van der Waals surface area contributed by atoms with Crippen molar-refractivity contribution in [2.45, 2.75) is 25.8 Å². The van der Waals surface area contributed by atoms with E-state index in [1.165, 1.54) is 0 Å². The second-order valence-electron chi connectivity index (χ2n) is 6.30. The number of hydrogen-bond acceptors (Lipinski definition) is 6. The number of fused-ring (bicyclic) bond motifs is 1. The molecule has 3 aromatic heterocycles. The smallest absolute Gasteiger partial charge is 0.250 e. The van der Waals surface area contributed by atoms with E-state index < -0.39 is 0 Å². The molecule has 9 nitrogen and oxygen atoms in total. The van der Waals surface area contributed by atoms with Crippen LogP contribution in [0.15, 0.2) is 18.5 Å². The van der Waals surface area contributed by atoms with Crippen molar-refractivity contribution in [3.8, 4) is 0 Å². The molecule has 3 aromatic rings. The third-order valence-electron chi connectivity index (χ3n) is 4.43. The maximum atomic E-state index is 12.9. The van der Waals surface area contributed by atoms with E-state index in [2.05, 4.69) is 25.5 Å². The normalized spacial score (nSPS) is 18.1. The molecule has 4 heterocycles. The fraction of sp³-hybridized carbons (Fsp3) is 0.438. The number of anilines is 2. The first kappa shape index (κ1) is 15.6. The summed E-state index contributed by atoms with van der Waals surface area (Å²) in [6, 6.07) is 1.52. The Balaban J connectivity index is 1.63. The molecule has 1 aliphatic heterocycles. The van der Waals surface area contributed by atoms with Gasteiger partial charge in [-0.3, -0.25) is 19.1 Å². The number of aryl methyl sites for hydroxylation is 3. The van der Waals surface area contributed by atoms with E-state index in [4.69, 9.17) is 0 Å². The zero-order valence-corrected chi connectivity index (χ0v) is 14.5. The highest BCUT2D eigenvalue weighted by Crippen LogP contribution is 2.24. The highest BCUT2D eigenvalue weighted by atomic mass is 16.2. The summed E-state index contributed by atoms with van der Waals surface area (Å²) in [5.74, 6) is 1.99. The van der Waals surface area contributed by atoms with Gasteiger partial charge in [0.15, 0.2) is 11.5 Å². The minimum Gasteiger partial charge on any atom is -0.358 e. The van der Waals surface area contributed by atoms with Gasteiger partial charge in [-0.1, -0.05) is 0 Å². The van der Waals surface area contributed by atoms with E-state index in [0.717, 1.165) is 23.9 Å². The third kappa shape index (κ3) is 2.71. The van der Waals surface area contributed by atoms with Gasteiger partial charge in [-0.2, -0.15) is 10.2 Å². The molecule has 4 rings (SSSR count). The molecule has 0 radical (unpaired) electrons. The van der Waals surface area contributed by atoms with Crippen LogP contribution in [0.3, 0.4) is 0 Å². The molecule has 1 unspecified atom stereocenters. The van der Waals surface area contributed by atoms with Gasteiger partial charge >= 0.3 is 0 Å². The highest BCUT2D eigenvalue weighted by molar-refractivity contribution is 5.99. The second kappa shape index (κ2) is 5.83. The van der Waals surface area contributed by atoms with Gasteiger partial charge in [-0.25, -0.2) is 9.97 Å². The fourth-order valence-electron chi connectivity index (χ4n) is 3.19. The van der Waals surface area contributed by atoms with Crippen LogP contribution in [0, 0.1) is 6.92 Å². The number of carbonyl (C=O) groups is 1. The Hall–Kier alpha value is -2.97. The molecule has 130 valence electrons. The van der Waals surface area contributed by atoms with Gasteiger partial charge in [0.25, 0.3) is 5.91 Å². The Bertz CT molecular complexity index is 943. The number of aromatic nitrogens is 6. The zero-order chi connectivity index (χ0) is 17.6. The lowest BCUT2D eigenvalue weighted by atomic mass is 10.0. The fourth-order valence-corrected chi connectivity index (χ4v) is 3.19. The minimum atomic E-state index is -0.339. The first-order valence-corrected chi connectivity index (χ1v) is 8.27. The molecule has 1 saturated heterocycles. The predicted molar refractivity (Wildman–Crippen MR) is 93.2 cm³/mol. The van der Waals surface area contributed by atoms with E-state index in [0.29, 0.717) is 24.0 Å². The van der Waals surface area contributed by atoms with Crippen molar-refractivity contribution < 1.29 is 4.79 Å². The first-order valence-electron chi connectivity index (χ1n) is 8.27. The van der Waals surface area contributed by atoms with Crippen LogP contribution in [0.1, 0.15) is 18.7 Å². The summed E-state index contributed by atoms with van der Waals surface area (Å²) in [5.41, 5.74) is 0.750. The standard InChI is InChI=1S/C16H20N8O/c1-10-18-14(11-9-17-23(3)15(11)19-10)20-12-5-4-7-24(16(12)25)13-6-8-22(2)21-13/h6,8-9,12H,4-5,7H2,1-3H3,(H,18,19,20). The maximum Gasteiger partial charge on any atom is 0.250 e. The molecule has 0 aliphatic carbocycles. The topological polar surface area (TPSA) is 93.8 Å². The highest BCUT2D eigenvalue weighted by Gasteiger charge is 2.31. The Kier molecular flexibility index (Phi) is 3.63. The van der Waals surface area contributed by atoms with Crippen molar-refractivity contribution in [3.63, 3.8) is 0 Å². The molecular weight excluding hydrogens is 320 g/mol. The van der Waals surface area contributed by atoms with Crippen LogP contribution >= 0.6 is 0 Å². The first-order chi connectivity index (χ1) is 12.0. The van der Waals surface area contributed by atoms with Gasteiger partial charge in [-0.05, 0) is 19.8 Å². The van der Waals surface area contributed by atoms with Crippen LogP contribution in [0.5, 0.6) is 0 Å². The zero-order valence-electron chi connectivity index (χ0n) is 14.5. The predicted octanol–water partition coefficient (Wildman–Crippen LogP) is 1.01. The summed E-state index contributed by atoms with van der Waals surface area (Å²) in [4.78, 5) is 23.5. The minimum absolute atomic E-state index is 0.0123. The third-order valence-corrected chi connectivity index (χ3v) is 4.43. The largest absolute Gasteiger partial charge is 0.358 e. The van der Waals surface area contributed by atoms with Gasteiger partial charge in [0.2, 0.25) is 0 Å². The van der Waals surface area contributed by atoms with Gasteiger partial charge in [-0.15, -0.1) is 0 Å². The molecule has 1 atom stereocenters. The number of carbonyl (C=O) groups excluding carboxylic acids is 1. The molecule has 1 N–H and O–H groups in total. The molecule has 0 bridgehead atoms. The van der Waals surface area contributed by atoms with Crippen LogP contribution in [-0.4, -0.2) is 48.0 Å². The molecule has 0 saturated carbocycles. The Morgan fingerprint density at radius 1 is 1.28 bits per heavy atom. The van der Waals surface area contributed by atoms with Crippen molar-refractivity contribution in [2.75, 3.05) is 16.8 Å². The summed E-state index contributed by atoms with van der Waals surface area (Å²) in [6.45, 7) is 2.51. The van der Waals surface area contributed by atoms with Crippen LogP contribution < -0.4 is 10.2 Å². The summed E-state index contributed by atoms with van der Waals surface area (Å²) in [6.07, 6.45) is 5.22. The Morgan fingerprint density at radius 2 is 2.12 bits per heavy atom. The van der Waals surface area contributed by atoms with Gasteiger partial charge in [0.05, 0.1) is 11.6 Å². The molecule has 0 spiro atoms. The average Bonchev–Trinajstić information content (AvgIpc) is 3.16. The molecule has 1 fully saturated rings. The average molecular weight is 340 g/mol. The molecule has 9 heteroatoms. The number of nitrogens with one attached hydrogen (secondary N) is 1. The molecule has 1 aliphatic rings. The number of piperidine rings is 1.